The molecule has 3 rings (SSSR count). The quantitative estimate of drug-likeness (QED) is 0.638. The Kier molecular flexibility index (Phi) is 3.25. The molecule has 0 aliphatic heterocycles. The summed E-state index contributed by atoms with van der Waals surface area (Å²) < 4.78 is 1.81. The summed E-state index contributed by atoms with van der Waals surface area (Å²) in [4.78, 5) is 8.11. The number of fused-ring (bicyclic) bond motifs is 1. The number of nitrogens with two attached hydrogens (primary N) is 1. The SMILES string of the molecule is CNc1ncnc(N)c1C(=N)c1ccc2c(C)nn(C)c2c1. The van der Waals surface area contributed by atoms with E-state index in [0.717, 1.165) is 22.2 Å². The number of aryl methyl sites for hydroxylation is 2. The summed E-state index contributed by atoms with van der Waals surface area (Å²) in [5, 5.41) is 16.9. The van der Waals surface area contributed by atoms with Gasteiger partial charge in [0, 0.05) is 25.0 Å². The zero-order valence-corrected chi connectivity index (χ0v) is 12.7. The van der Waals surface area contributed by atoms with Crippen LogP contribution in [0, 0.1) is 12.3 Å². The highest BCUT2D eigenvalue weighted by Crippen LogP contribution is 2.24. The second-order valence-corrected chi connectivity index (χ2v) is 5.05. The number of benzene rings is 1. The molecule has 0 aliphatic carbocycles. The summed E-state index contributed by atoms with van der Waals surface area (Å²) in [6, 6.07) is 5.80. The Bertz CT molecular complexity index is 879. The van der Waals surface area contributed by atoms with Crippen molar-refractivity contribution < 1.29 is 0 Å². The summed E-state index contributed by atoms with van der Waals surface area (Å²) in [6.45, 7) is 1.97. The predicted octanol–water partition coefficient (Wildman–Crippen LogP) is 1.71. The fourth-order valence-corrected chi connectivity index (χ4v) is 2.57. The van der Waals surface area contributed by atoms with Crippen LogP contribution >= 0.6 is 0 Å². The van der Waals surface area contributed by atoms with Crippen LogP contribution in [0.5, 0.6) is 0 Å². The van der Waals surface area contributed by atoms with E-state index in [2.05, 4.69) is 20.4 Å². The maximum atomic E-state index is 8.48. The summed E-state index contributed by atoms with van der Waals surface area (Å²) in [7, 11) is 3.63. The summed E-state index contributed by atoms with van der Waals surface area (Å²) in [5.74, 6) is 0.824. The van der Waals surface area contributed by atoms with Gasteiger partial charge in [-0.15, -0.1) is 0 Å². The van der Waals surface area contributed by atoms with Crippen molar-refractivity contribution in [2.45, 2.75) is 6.92 Å². The third kappa shape index (κ3) is 2.07. The molecule has 4 N–H and O–H groups in total. The molecule has 1 aromatic carbocycles. The Morgan fingerprint density at radius 3 is 2.82 bits per heavy atom. The maximum Gasteiger partial charge on any atom is 0.140 e. The summed E-state index contributed by atoms with van der Waals surface area (Å²) in [6.07, 6.45) is 1.38. The zero-order valence-electron chi connectivity index (χ0n) is 12.7. The molecule has 0 saturated heterocycles. The number of rotatable bonds is 3. The first-order chi connectivity index (χ1) is 10.5. The number of nitrogen functional groups attached to an aromatic ring is 1. The molecule has 0 unspecified atom stereocenters. The first-order valence-corrected chi connectivity index (χ1v) is 6.83. The van der Waals surface area contributed by atoms with Gasteiger partial charge in [-0.1, -0.05) is 12.1 Å². The lowest BCUT2D eigenvalue weighted by Gasteiger charge is -2.11. The highest BCUT2D eigenvalue weighted by Gasteiger charge is 2.16. The lowest BCUT2D eigenvalue weighted by atomic mass is 10.0. The van der Waals surface area contributed by atoms with Gasteiger partial charge in [-0.3, -0.25) is 10.1 Å². The average Bonchev–Trinajstić information content (AvgIpc) is 2.80. The van der Waals surface area contributed by atoms with Gasteiger partial charge in [0.25, 0.3) is 0 Å². The number of hydrogen-bond acceptors (Lipinski definition) is 6. The molecule has 0 atom stereocenters. The number of aromatic nitrogens is 4. The molecule has 0 spiro atoms. The molecule has 3 aromatic rings. The van der Waals surface area contributed by atoms with Crippen LogP contribution in [0.25, 0.3) is 10.9 Å². The van der Waals surface area contributed by atoms with E-state index in [1.807, 2.05) is 36.9 Å². The van der Waals surface area contributed by atoms with Gasteiger partial charge in [0.1, 0.15) is 18.0 Å². The first-order valence-electron chi connectivity index (χ1n) is 6.83. The third-order valence-corrected chi connectivity index (χ3v) is 3.69. The minimum Gasteiger partial charge on any atom is -0.383 e. The van der Waals surface area contributed by atoms with E-state index in [1.165, 1.54) is 6.33 Å². The highest BCUT2D eigenvalue weighted by molar-refractivity contribution is 6.17. The van der Waals surface area contributed by atoms with Crippen LogP contribution in [0.2, 0.25) is 0 Å². The highest BCUT2D eigenvalue weighted by atomic mass is 15.3. The molecule has 0 radical (unpaired) electrons. The molecule has 112 valence electrons. The van der Waals surface area contributed by atoms with Crippen LogP contribution in [0.4, 0.5) is 11.6 Å². The molecule has 0 aliphatic rings. The van der Waals surface area contributed by atoms with Crippen molar-refractivity contribution in [2.75, 3.05) is 18.1 Å². The van der Waals surface area contributed by atoms with Crippen LogP contribution in [-0.2, 0) is 7.05 Å². The fraction of sp³-hybridized carbons (Fsp3) is 0.200. The minimum atomic E-state index is 0.281. The number of nitrogens with one attached hydrogen (secondary N) is 2. The predicted molar refractivity (Wildman–Crippen MR) is 87.4 cm³/mol. The van der Waals surface area contributed by atoms with Gasteiger partial charge in [0.2, 0.25) is 0 Å². The molecule has 0 bridgehead atoms. The molecule has 0 saturated carbocycles. The fourth-order valence-electron chi connectivity index (χ4n) is 2.57. The van der Waals surface area contributed by atoms with E-state index in [9.17, 15) is 0 Å². The number of hydrogen-bond donors (Lipinski definition) is 3. The van der Waals surface area contributed by atoms with Gasteiger partial charge >= 0.3 is 0 Å². The number of anilines is 2. The Morgan fingerprint density at radius 2 is 2.09 bits per heavy atom. The summed E-state index contributed by atoms with van der Waals surface area (Å²) in [5.41, 5.74) is 9.40. The van der Waals surface area contributed by atoms with E-state index in [0.29, 0.717) is 11.4 Å². The van der Waals surface area contributed by atoms with Gasteiger partial charge in [0.05, 0.1) is 22.5 Å². The van der Waals surface area contributed by atoms with E-state index < -0.39 is 0 Å². The van der Waals surface area contributed by atoms with E-state index in [-0.39, 0.29) is 11.5 Å². The second-order valence-electron chi connectivity index (χ2n) is 5.05. The van der Waals surface area contributed by atoms with Crippen molar-refractivity contribution in [3.8, 4) is 0 Å². The molecule has 2 heterocycles. The molecule has 22 heavy (non-hydrogen) atoms. The van der Waals surface area contributed by atoms with E-state index in [1.54, 1.807) is 7.05 Å². The van der Waals surface area contributed by atoms with Crippen molar-refractivity contribution >= 4 is 28.3 Å². The Hall–Kier alpha value is -2.96. The molecule has 7 nitrogen and oxygen atoms in total. The van der Waals surface area contributed by atoms with Crippen molar-refractivity contribution in [3.05, 3.63) is 41.3 Å². The van der Waals surface area contributed by atoms with E-state index in [4.69, 9.17) is 11.1 Å². The standard InChI is InChI=1S/C15H17N7/c1-8-10-5-4-9(6-11(10)22(3)21-8)13(16)12-14(17)19-7-20-15(12)18-2/h4-7,16H,1-3H3,(H3,17,18,19,20). The molecule has 7 heteroatoms. The van der Waals surface area contributed by atoms with Gasteiger partial charge in [-0.05, 0) is 13.0 Å². The van der Waals surface area contributed by atoms with E-state index >= 15 is 0 Å². The van der Waals surface area contributed by atoms with Crippen LogP contribution in [0.3, 0.4) is 0 Å². The second kappa shape index (κ2) is 5.10. The van der Waals surface area contributed by atoms with Crippen molar-refractivity contribution in [2.24, 2.45) is 7.05 Å². The van der Waals surface area contributed by atoms with Crippen molar-refractivity contribution in [3.63, 3.8) is 0 Å². The lowest BCUT2D eigenvalue weighted by Crippen LogP contribution is -2.12. The number of nitrogens with zero attached hydrogens (tertiary/aromatic N) is 4. The van der Waals surface area contributed by atoms with Gasteiger partial charge in [-0.2, -0.15) is 5.10 Å². The monoisotopic (exact) mass is 295 g/mol. The lowest BCUT2D eigenvalue weighted by molar-refractivity contribution is 0.783. The van der Waals surface area contributed by atoms with Gasteiger partial charge in [-0.25, -0.2) is 9.97 Å². The molecule has 0 amide bonds. The molecule has 2 aromatic heterocycles. The Balaban J connectivity index is 2.16. The minimum absolute atomic E-state index is 0.281. The summed E-state index contributed by atoms with van der Waals surface area (Å²) >= 11 is 0. The van der Waals surface area contributed by atoms with Crippen LogP contribution in [-0.4, -0.2) is 32.5 Å². The molecule has 0 fully saturated rings. The topological polar surface area (TPSA) is 106 Å². The van der Waals surface area contributed by atoms with Crippen molar-refractivity contribution in [1.29, 1.82) is 5.41 Å². The van der Waals surface area contributed by atoms with Gasteiger partial charge in [0.15, 0.2) is 0 Å². The van der Waals surface area contributed by atoms with Crippen LogP contribution in [0.15, 0.2) is 24.5 Å². The van der Waals surface area contributed by atoms with Crippen molar-refractivity contribution in [1.82, 2.24) is 19.7 Å². The van der Waals surface area contributed by atoms with Crippen LogP contribution < -0.4 is 11.1 Å². The zero-order chi connectivity index (χ0) is 15.9. The van der Waals surface area contributed by atoms with Gasteiger partial charge < -0.3 is 11.1 Å². The van der Waals surface area contributed by atoms with Crippen LogP contribution in [0.1, 0.15) is 16.8 Å². The Morgan fingerprint density at radius 1 is 1.32 bits per heavy atom. The maximum absolute atomic E-state index is 8.48. The third-order valence-electron chi connectivity index (χ3n) is 3.69. The smallest absolute Gasteiger partial charge is 0.140 e. The first kappa shape index (κ1) is 14.0. The molecular formula is C15H17N7. The normalized spacial score (nSPS) is 10.9. The molecular weight excluding hydrogens is 278 g/mol. The average molecular weight is 295 g/mol. The largest absolute Gasteiger partial charge is 0.383 e. The Labute approximate surface area is 127 Å².